The van der Waals surface area contributed by atoms with Gasteiger partial charge in [-0.25, -0.2) is 0 Å². The number of nitriles is 1. The first-order valence-corrected chi connectivity index (χ1v) is 7.63. The van der Waals surface area contributed by atoms with Crippen LogP contribution in [0, 0.1) is 11.3 Å². The smallest absolute Gasteiger partial charge is 0.238 e. The first-order chi connectivity index (χ1) is 11.5. The molecule has 1 amide bonds. The Morgan fingerprint density at radius 2 is 1.88 bits per heavy atom. The SMILES string of the molecule is CN(CC#N)CC(=O)Nc1ccc(Cl)cc1C(=O)c1ccccc1.Cl. The monoisotopic (exact) mass is 377 g/mol. The number of rotatable bonds is 6. The molecule has 0 saturated heterocycles. The lowest BCUT2D eigenvalue weighted by molar-refractivity contribution is -0.116. The molecule has 130 valence electrons. The number of halogens is 2. The molecule has 0 spiro atoms. The van der Waals surface area contributed by atoms with Crippen molar-refractivity contribution in [2.75, 3.05) is 25.5 Å². The fraction of sp³-hybridized carbons (Fsp3) is 0.167. The molecule has 0 fully saturated rings. The Labute approximate surface area is 157 Å². The second-order valence-electron chi connectivity index (χ2n) is 5.26. The van der Waals surface area contributed by atoms with E-state index in [-0.39, 0.29) is 37.2 Å². The quantitative estimate of drug-likeness (QED) is 0.618. The Balaban J connectivity index is 0.00000312. The zero-order chi connectivity index (χ0) is 17.5. The van der Waals surface area contributed by atoms with E-state index in [0.717, 1.165) is 0 Å². The minimum Gasteiger partial charge on any atom is -0.324 e. The summed E-state index contributed by atoms with van der Waals surface area (Å²) in [5, 5.41) is 11.7. The average Bonchev–Trinajstić information content (AvgIpc) is 2.56. The second kappa shape index (κ2) is 9.80. The number of likely N-dealkylation sites (N-methyl/N-ethyl adjacent to an activating group) is 1. The van der Waals surface area contributed by atoms with Crippen LogP contribution >= 0.6 is 24.0 Å². The maximum atomic E-state index is 12.7. The summed E-state index contributed by atoms with van der Waals surface area (Å²) in [6, 6.07) is 15.5. The van der Waals surface area contributed by atoms with Crippen molar-refractivity contribution < 1.29 is 9.59 Å². The Kier molecular flexibility index (Phi) is 8.09. The number of hydrogen-bond acceptors (Lipinski definition) is 4. The number of amides is 1. The summed E-state index contributed by atoms with van der Waals surface area (Å²) in [7, 11) is 1.67. The molecule has 0 aliphatic carbocycles. The predicted molar refractivity (Wildman–Crippen MR) is 100 cm³/mol. The van der Waals surface area contributed by atoms with Gasteiger partial charge in [0, 0.05) is 16.1 Å². The molecule has 7 heteroatoms. The Morgan fingerprint density at radius 3 is 2.52 bits per heavy atom. The Hall–Kier alpha value is -2.39. The molecule has 2 rings (SSSR count). The molecule has 0 aliphatic rings. The minimum absolute atomic E-state index is 0. The van der Waals surface area contributed by atoms with Crippen molar-refractivity contribution in [3.05, 3.63) is 64.7 Å². The van der Waals surface area contributed by atoms with Gasteiger partial charge in [-0.1, -0.05) is 41.9 Å². The summed E-state index contributed by atoms with van der Waals surface area (Å²) in [5.74, 6) is -0.532. The topological polar surface area (TPSA) is 73.2 Å². The van der Waals surface area contributed by atoms with Crippen molar-refractivity contribution in [3.8, 4) is 6.07 Å². The van der Waals surface area contributed by atoms with Crippen LogP contribution in [0.15, 0.2) is 48.5 Å². The maximum absolute atomic E-state index is 12.7. The summed E-state index contributed by atoms with van der Waals surface area (Å²) >= 11 is 6.00. The van der Waals surface area contributed by atoms with Crippen molar-refractivity contribution in [2.24, 2.45) is 0 Å². The van der Waals surface area contributed by atoms with Crippen LogP contribution in [0.4, 0.5) is 5.69 Å². The number of nitrogens with one attached hydrogen (secondary N) is 1. The molecule has 5 nitrogen and oxygen atoms in total. The van der Waals surface area contributed by atoms with Crippen LogP contribution in [0.1, 0.15) is 15.9 Å². The van der Waals surface area contributed by atoms with Crippen LogP contribution in [0.3, 0.4) is 0 Å². The largest absolute Gasteiger partial charge is 0.324 e. The third-order valence-corrected chi connectivity index (χ3v) is 3.53. The highest BCUT2D eigenvalue weighted by Gasteiger charge is 2.16. The van der Waals surface area contributed by atoms with E-state index < -0.39 is 0 Å². The summed E-state index contributed by atoms with van der Waals surface area (Å²) in [6.07, 6.45) is 0. The lowest BCUT2D eigenvalue weighted by atomic mass is 10.0. The number of anilines is 1. The van der Waals surface area contributed by atoms with Gasteiger partial charge in [-0.05, 0) is 25.2 Å². The molecular weight excluding hydrogens is 361 g/mol. The van der Waals surface area contributed by atoms with E-state index in [1.54, 1.807) is 48.3 Å². The van der Waals surface area contributed by atoms with E-state index in [1.807, 2.05) is 12.1 Å². The van der Waals surface area contributed by atoms with Crippen molar-refractivity contribution >= 4 is 41.4 Å². The van der Waals surface area contributed by atoms with Crippen LogP contribution in [-0.2, 0) is 4.79 Å². The Morgan fingerprint density at radius 1 is 1.20 bits per heavy atom. The highest BCUT2D eigenvalue weighted by atomic mass is 35.5. The summed E-state index contributed by atoms with van der Waals surface area (Å²) in [5.41, 5.74) is 1.23. The van der Waals surface area contributed by atoms with Gasteiger partial charge in [0.15, 0.2) is 5.78 Å². The van der Waals surface area contributed by atoms with Gasteiger partial charge in [0.05, 0.1) is 24.8 Å². The molecule has 0 aliphatic heterocycles. The molecule has 0 unspecified atom stereocenters. The fourth-order valence-corrected chi connectivity index (χ4v) is 2.34. The van der Waals surface area contributed by atoms with E-state index in [0.29, 0.717) is 21.8 Å². The zero-order valence-corrected chi connectivity index (χ0v) is 15.1. The van der Waals surface area contributed by atoms with Crippen molar-refractivity contribution in [1.82, 2.24) is 4.90 Å². The summed E-state index contributed by atoms with van der Waals surface area (Å²) in [4.78, 5) is 26.3. The van der Waals surface area contributed by atoms with Gasteiger partial charge in [-0.3, -0.25) is 14.5 Å². The molecule has 2 aromatic rings. The van der Waals surface area contributed by atoms with Crippen LogP contribution in [0.5, 0.6) is 0 Å². The molecule has 0 radical (unpaired) electrons. The van der Waals surface area contributed by atoms with Crippen LogP contribution < -0.4 is 5.32 Å². The number of nitrogens with zero attached hydrogens (tertiary/aromatic N) is 2. The van der Waals surface area contributed by atoms with E-state index in [4.69, 9.17) is 16.9 Å². The standard InChI is InChI=1S/C18H16ClN3O2.ClH/c1-22(10-9-20)12-17(23)21-16-8-7-14(19)11-15(16)18(24)13-5-3-2-4-6-13;/h2-8,11H,10,12H2,1H3,(H,21,23);1H. The Bertz CT molecular complexity index is 789. The molecule has 0 heterocycles. The van der Waals surface area contributed by atoms with Crippen LogP contribution in [0.25, 0.3) is 0 Å². The third-order valence-electron chi connectivity index (χ3n) is 3.29. The maximum Gasteiger partial charge on any atom is 0.238 e. The van der Waals surface area contributed by atoms with Gasteiger partial charge in [-0.15, -0.1) is 12.4 Å². The van der Waals surface area contributed by atoms with E-state index in [1.165, 1.54) is 6.07 Å². The number of hydrogen-bond donors (Lipinski definition) is 1. The second-order valence-corrected chi connectivity index (χ2v) is 5.70. The van der Waals surface area contributed by atoms with Crippen molar-refractivity contribution in [2.45, 2.75) is 0 Å². The number of carbonyl (C=O) groups is 2. The van der Waals surface area contributed by atoms with Crippen LogP contribution in [-0.4, -0.2) is 36.7 Å². The lowest BCUT2D eigenvalue weighted by Gasteiger charge is -2.14. The molecule has 1 N–H and O–H groups in total. The summed E-state index contributed by atoms with van der Waals surface area (Å²) in [6.45, 7) is 0.193. The van der Waals surface area contributed by atoms with Gasteiger partial charge >= 0.3 is 0 Å². The highest BCUT2D eigenvalue weighted by Crippen LogP contribution is 2.23. The minimum atomic E-state index is -0.308. The predicted octanol–water partition coefficient (Wildman–Crippen LogP) is 3.39. The number of benzene rings is 2. The van der Waals surface area contributed by atoms with Gasteiger partial charge < -0.3 is 5.32 Å². The third kappa shape index (κ3) is 5.87. The van der Waals surface area contributed by atoms with Crippen molar-refractivity contribution in [1.29, 1.82) is 5.26 Å². The van der Waals surface area contributed by atoms with E-state index >= 15 is 0 Å². The van der Waals surface area contributed by atoms with Crippen LogP contribution in [0.2, 0.25) is 5.02 Å². The number of ketones is 1. The molecule has 0 bridgehead atoms. The first kappa shape index (κ1) is 20.7. The lowest BCUT2D eigenvalue weighted by Crippen LogP contribution is -2.30. The molecular formula is C18H17Cl2N3O2. The van der Waals surface area contributed by atoms with E-state index in [9.17, 15) is 9.59 Å². The normalized spacial score (nSPS) is 9.84. The van der Waals surface area contributed by atoms with Gasteiger partial charge in [0.25, 0.3) is 0 Å². The molecule has 2 aromatic carbocycles. The van der Waals surface area contributed by atoms with E-state index in [2.05, 4.69) is 5.32 Å². The number of carbonyl (C=O) groups excluding carboxylic acids is 2. The first-order valence-electron chi connectivity index (χ1n) is 7.26. The van der Waals surface area contributed by atoms with Gasteiger partial charge in [0.1, 0.15) is 0 Å². The molecule has 0 aromatic heterocycles. The van der Waals surface area contributed by atoms with Gasteiger partial charge in [0.2, 0.25) is 5.91 Å². The molecule has 0 saturated carbocycles. The average molecular weight is 378 g/mol. The fourth-order valence-electron chi connectivity index (χ4n) is 2.17. The zero-order valence-electron chi connectivity index (χ0n) is 13.5. The van der Waals surface area contributed by atoms with Crippen molar-refractivity contribution in [3.63, 3.8) is 0 Å². The molecule has 0 atom stereocenters. The van der Waals surface area contributed by atoms with Gasteiger partial charge in [-0.2, -0.15) is 5.26 Å². The highest BCUT2D eigenvalue weighted by molar-refractivity contribution is 6.31. The molecule has 25 heavy (non-hydrogen) atoms. The summed E-state index contributed by atoms with van der Waals surface area (Å²) < 4.78 is 0.